The molecule has 7 nitrogen and oxygen atoms in total. The van der Waals surface area contributed by atoms with E-state index in [-0.39, 0.29) is 30.7 Å². The third-order valence-corrected chi connectivity index (χ3v) is 3.93. The number of nitrogens with zero attached hydrogens (tertiary/aromatic N) is 4. The number of β-amino-alcohol motifs (C(OH)–C–C–N with tert-alkyl or cyclic N) is 1. The highest BCUT2D eigenvalue weighted by Crippen LogP contribution is 2.33. The van der Waals surface area contributed by atoms with Crippen molar-refractivity contribution in [3.63, 3.8) is 0 Å². The first-order valence-electron chi connectivity index (χ1n) is 6.44. The van der Waals surface area contributed by atoms with E-state index >= 15 is 0 Å². The molecule has 1 aromatic heterocycles. The first kappa shape index (κ1) is 11.6. The molecule has 1 aliphatic heterocycles. The Labute approximate surface area is 105 Å². The van der Waals surface area contributed by atoms with Gasteiger partial charge < -0.3 is 10.0 Å². The minimum Gasteiger partial charge on any atom is -0.378 e. The van der Waals surface area contributed by atoms with Crippen LogP contribution in [0.15, 0.2) is 0 Å². The number of likely N-dealkylation sites (tertiary alicyclic amines) is 1. The smallest absolute Gasteiger partial charge is 0.225 e. The molecule has 0 unspecified atom stereocenters. The normalized spacial score (nSPS) is 23.7. The summed E-state index contributed by atoms with van der Waals surface area (Å²) in [5.41, 5.74) is -1.11. The van der Waals surface area contributed by atoms with Gasteiger partial charge in [-0.2, -0.15) is 5.21 Å². The molecule has 0 radical (unpaired) electrons. The SMILES string of the molecule is O=C(C1CCCCC1)N1CC(O)(c2nn[nH]n2)C1. The molecular weight excluding hydrogens is 234 g/mol. The number of carbonyl (C=O) groups excluding carboxylic acids is 1. The van der Waals surface area contributed by atoms with Gasteiger partial charge in [-0.3, -0.25) is 4.79 Å². The molecule has 3 rings (SSSR count). The van der Waals surface area contributed by atoms with Gasteiger partial charge in [0.25, 0.3) is 0 Å². The fourth-order valence-corrected chi connectivity index (χ4v) is 2.85. The van der Waals surface area contributed by atoms with Crippen molar-refractivity contribution >= 4 is 5.91 Å². The summed E-state index contributed by atoms with van der Waals surface area (Å²) in [7, 11) is 0. The van der Waals surface area contributed by atoms with Crippen molar-refractivity contribution in [2.24, 2.45) is 5.92 Å². The van der Waals surface area contributed by atoms with Crippen molar-refractivity contribution in [1.29, 1.82) is 0 Å². The fraction of sp³-hybridized carbons (Fsp3) is 0.818. The molecule has 2 aliphatic rings. The number of nitrogens with one attached hydrogen (secondary N) is 1. The van der Waals surface area contributed by atoms with E-state index in [2.05, 4.69) is 20.6 Å². The molecule has 2 heterocycles. The maximum Gasteiger partial charge on any atom is 0.225 e. The number of aromatic nitrogens is 4. The van der Waals surface area contributed by atoms with Gasteiger partial charge in [0.15, 0.2) is 5.60 Å². The van der Waals surface area contributed by atoms with Crippen molar-refractivity contribution < 1.29 is 9.90 Å². The fourth-order valence-electron chi connectivity index (χ4n) is 2.85. The highest BCUT2D eigenvalue weighted by molar-refractivity contribution is 5.80. The summed E-state index contributed by atoms with van der Waals surface area (Å²) in [4.78, 5) is 13.9. The van der Waals surface area contributed by atoms with E-state index in [1.54, 1.807) is 4.90 Å². The molecule has 1 aromatic rings. The first-order chi connectivity index (χ1) is 8.69. The maximum absolute atomic E-state index is 12.2. The van der Waals surface area contributed by atoms with Crippen molar-refractivity contribution in [2.75, 3.05) is 13.1 Å². The van der Waals surface area contributed by atoms with Crippen LogP contribution in [0.25, 0.3) is 0 Å². The number of hydrogen-bond acceptors (Lipinski definition) is 5. The molecule has 1 saturated carbocycles. The number of H-pyrrole nitrogens is 1. The van der Waals surface area contributed by atoms with Gasteiger partial charge in [-0.05, 0) is 12.8 Å². The molecule has 2 N–H and O–H groups in total. The number of hydrogen-bond donors (Lipinski definition) is 2. The summed E-state index contributed by atoms with van der Waals surface area (Å²) < 4.78 is 0. The molecule has 1 saturated heterocycles. The quantitative estimate of drug-likeness (QED) is 0.759. The van der Waals surface area contributed by atoms with Crippen LogP contribution < -0.4 is 0 Å². The molecule has 0 aromatic carbocycles. The molecule has 0 atom stereocenters. The molecule has 7 heteroatoms. The Morgan fingerprint density at radius 2 is 2.06 bits per heavy atom. The number of rotatable bonds is 2. The second-order valence-corrected chi connectivity index (χ2v) is 5.30. The van der Waals surface area contributed by atoms with Gasteiger partial charge in [-0.15, -0.1) is 10.2 Å². The lowest BCUT2D eigenvalue weighted by atomic mass is 9.85. The number of carbonyl (C=O) groups is 1. The Morgan fingerprint density at radius 1 is 1.33 bits per heavy atom. The summed E-state index contributed by atoms with van der Waals surface area (Å²) >= 11 is 0. The second-order valence-electron chi connectivity index (χ2n) is 5.30. The lowest BCUT2D eigenvalue weighted by molar-refractivity contribution is -0.163. The van der Waals surface area contributed by atoms with Crippen LogP contribution in [0, 0.1) is 5.92 Å². The largest absolute Gasteiger partial charge is 0.378 e. The first-order valence-corrected chi connectivity index (χ1v) is 6.44. The summed E-state index contributed by atoms with van der Waals surface area (Å²) in [5.74, 6) is 0.589. The van der Waals surface area contributed by atoms with Gasteiger partial charge in [-0.1, -0.05) is 24.5 Å². The average molecular weight is 251 g/mol. The van der Waals surface area contributed by atoms with Gasteiger partial charge in [-0.25, -0.2) is 0 Å². The maximum atomic E-state index is 12.2. The summed E-state index contributed by atoms with van der Waals surface area (Å²) in [6, 6.07) is 0. The van der Waals surface area contributed by atoms with E-state index in [1.807, 2.05) is 0 Å². The zero-order chi connectivity index (χ0) is 12.6. The summed E-state index contributed by atoms with van der Waals surface area (Å²) in [6.45, 7) is 0.559. The lowest BCUT2D eigenvalue weighted by Gasteiger charge is -2.45. The van der Waals surface area contributed by atoms with E-state index in [0.29, 0.717) is 0 Å². The Balaban J connectivity index is 1.59. The molecule has 1 amide bonds. The van der Waals surface area contributed by atoms with E-state index in [1.165, 1.54) is 6.42 Å². The number of aliphatic hydroxyl groups is 1. The Hall–Kier alpha value is -1.50. The topological polar surface area (TPSA) is 95.0 Å². The van der Waals surface area contributed by atoms with E-state index in [4.69, 9.17) is 0 Å². The zero-order valence-corrected chi connectivity index (χ0v) is 10.2. The Morgan fingerprint density at radius 3 is 2.67 bits per heavy atom. The number of aromatic amines is 1. The number of tetrazole rings is 1. The van der Waals surface area contributed by atoms with Crippen molar-refractivity contribution in [1.82, 2.24) is 25.5 Å². The van der Waals surface area contributed by atoms with Crippen LogP contribution in [-0.2, 0) is 10.4 Å². The van der Waals surface area contributed by atoms with Crippen LogP contribution in [0.3, 0.4) is 0 Å². The Kier molecular flexibility index (Phi) is 2.77. The minimum atomic E-state index is -1.11. The predicted octanol–water partition coefficient (Wildman–Crippen LogP) is -0.190. The van der Waals surface area contributed by atoms with Crippen LogP contribution >= 0.6 is 0 Å². The van der Waals surface area contributed by atoms with Gasteiger partial charge in [0, 0.05) is 5.92 Å². The number of amides is 1. The summed E-state index contributed by atoms with van der Waals surface area (Å²) in [6.07, 6.45) is 5.47. The standard InChI is InChI=1S/C11H17N5O2/c17-9(8-4-2-1-3-5-8)16-6-11(18,7-16)10-12-14-15-13-10/h8,18H,1-7H2,(H,12,13,14,15). The lowest BCUT2D eigenvalue weighted by Crippen LogP contribution is -2.62. The van der Waals surface area contributed by atoms with Gasteiger partial charge in [0.2, 0.25) is 11.7 Å². The Bertz CT molecular complexity index is 421. The predicted molar refractivity (Wildman–Crippen MR) is 61.2 cm³/mol. The molecule has 98 valence electrons. The van der Waals surface area contributed by atoms with Crippen LogP contribution in [0.4, 0.5) is 0 Å². The van der Waals surface area contributed by atoms with Crippen LogP contribution in [-0.4, -0.2) is 49.6 Å². The molecule has 0 spiro atoms. The van der Waals surface area contributed by atoms with Crippen LogP contribution in [0.5, 0.6) is 0 Å². The molecule has 1 aliphatic carbocycles. The van der Waals surface area contributed by atoms with Crippen molar-refractivity contribution in [3.8, 4) is 0 Å². The monoisotopic (exact) mass is 251 g/mol. The minimum absolute atomic E-state index is 0.147. The highest BCUT2D eigenvalue weighted by atomic mass is 16.3. The van der Waals surface area contributed by atoms with Crippen LogP contribution in [0.2, 0.25) is 0 Å². The molecule has 2 fully saturated rings. The van der Waals surface area contributed by atoms with Crippen LogP contribution in [0.1, 0.15) is 37.9 Å². The van der Waals surface area contributed by atoms with Crippen molar-refractivity contribution in [3.05, 3.63) is 5.82 Å². The highest BCUT2D eigenvalue weighted by Gasteiger charge is 2.49. The molecule has 18 heavy (non-hydrogen) atoms. The summed E-state index contributed by atoms with van der Waals surface area (Å²) in [5, 5.41) is 23.5. The zero-order valence-electron chi connectivity index (χ0n) is 10.2. The van der Waals surface area contributed by atoms with Gasteiger partial charge in [0.05, 0.1) is 13.1 Å². The third kappa shape index (κ3) is 1.88. The van der Waals surface area contributed by atoms with E-state index in [0.717, 1.165) is 25.7 Å². The average Bonchev–Trinajstić information content (AvgIpc) is 2.89. The molecule has 0 bridgehead atoms. The van der Waals surface area contributed by atoms with E-state index in [9.17, 15) is 9.90 Å². The van der Waals surface area contributed by atoms with E-state index < -0.39 is 5.60 Å². The third-order valence-electron chi connectivity index (χ3n) is 3.93. The second kappa shape index (κ2) is 4.31. The van der Waals surface area contributed by atoms with Gasteiger partial charge >= 0.3 is 0 Å². The van der Waals surface area contributed by atoms with Crippen molar-refractivity contribution in [2.45, 2.75) is 37.7 Å². The molecular formula is C11H17N5O2. The van der Waals surface area contributed by atoms with Gasteiger partial charge in [0.1, 0.15) is 0 Å².